The van der Waals surface area contributed by atoms with Crippen LogP contribution in [0.3, 0.4) is 0 Å². The van der Waals surface area contributed by atoms with Gasteiger partial charge in [-0.25, -0.2) is 0 Å². The maximum atomic E-state index is 5.52. The Balaban J connectivity index is 2.87. The van der Waals surface area contributed by atoms with Crippen molar-refractivity contribution in [2.45, 2.75) is 53.5 Å². The highest BCUT2D eigenvalue weighted by molar-refractivity contribution is 5.37. The summed E-state index contributed by atoms with van der Waals surface area (Å²) in [5.74, 6) is 2.29. The van der Waals surface area contributed by atoms with E-state index in [1.165, 1.54) is 17.5 Å². The molecule has 0 saturated heterocycles. The van der Waals surface area contributed by atoms with Crippen LogP contribution in [0.2, 0.25) is 0 Å². The molecule has 1 rings (SSSR count). The zero-order chi connectivity index (χ0) is 15.1. The molecule has 114 valence electrons. The zero-order valence-corrected chi connectivity index (χ0v) is 14.0. The zero-order valence-electron chi connectivity index (χ0n) is 14.0. The average Bonchev–Trinajstić information content (AvgIpc) is 2.42. The van der Waals surface area contributed by atoms with Crippen LogP contribution in [0, 0.1) is 18.8 Å². The summed E-state index contributed by atoms with van der Waals surface area (Å²) >= 11 is 0. The van der Waals surface area contributed by atoms with Gasteiger partial charge in [-0.05, 0) is 56.7 Å². The van der Waals surface area contributed by atoms with Gasteiger partial charge >= 0.3 is 0 Å². The Morgan fingerprint density at radius 3 is 2.45 bits per heavy atom. The lowest BCUT2D eigenvalue weighted by atomic mass is 9.83. The molecule has 0 heterocycles. The average molecular weight is 277 g/mol. The first-order valence-corrected chi connectivity index (χ1v) is 7.86. The first-order valence-electron chi connectivity index (χ1n) is 7.86. The number of methoxy groups -OCH3 is 1. The molecule has 0 radical (unpaired) electrons. The molecule has 1 aromatic rings. The third-order valence-electron chi connectivity index (χ3n) is 4.11. The molecule has 0 bridgehead atoms. The third kappa shape index (κ3) is 4.82. The number of nitrogens with one attached hydrogen (secondary N) is 1. The Bertz CT molecular complexity index is 400. The summed E-state index contributed by atoms with van der Waals surface area (Å²) in [6.45, 7) is 12.4. The monoisotopic (exact) mass is 277 g/mol. The minimum absolute atomic E-state index is 0.528. The van der Waals surface area contributed by atoms with Crippen LogP contribution >= 0.6 is 0 Å². The topological polar surface area (TPSA) is 21.3 Å². The summed E-state index contributed by atoms with van der Waals surface area (Å²) in [7, 11) is 1.76. The molecule has 0 aliphatic carbocycles. The summed E-state index contributed by atoms with van der Waals surface area (Å²) < 4.78 is 5.52. The van der Waals surface area contributed by atoms with Crippen molar-refractivity contribution in [1.82, 2.24) is 5.32 Å². The van der Waals surface area contributed by atoms with Crippen LogP contribution in [0.1, 0.15) is 45.2 Å². The molecule has 2 unspecified atom stereocenters. The lowest BCUT2D eigenvalue weighted by Gasteiger charge is -2.29. The van der Waals surface area contributed by atoms with Gasteiger partial charge in [0.1, 0.15) is 5.75 Å². The summed E-state index contributed by atoms with van der Waals surface area (Å²) in [6.07, 6.45) is 2.25. The largest absolute Gasteiger partial charge is 0.496 e. The number of benzene rings is 1. The molecule has 2 nitrogen and oxygen atoms in total. The molecular formula is C18H31NO. The third-order valence-corrected chi connectivity index (χ3v) is 4.11. The highest BCUT2D eigenvalue weighted by Crippen LogP contribution is 2.27. The first kappa shape index (κ1) is 17.0. The van der Waals surface area contributed by atoms with Crippen LogP contribution in [0.15, 0.2) is 18.2 Å². The molecule has 2 heteroatoms. The summed E-state index contributed by atoms with van der Waals surface area (Å²) in [6, 6.07) is 7.00. The van der Waals surface area contributed by atoms with E-state index in [0.717, 1.165) is 18.7 Å². The van der Waals surface area contributed by atoms with Crippen LogP contribution in [-0.2, 0) is 6.42 Å². The normalized spacial score (nSPS) is 14.3. The lowest BCUT2D eigenvalue weighted by Crippen LogP contribution is -2.37. The van der Waals surface area contributed by atoms with Crippen molar-refractivity contribution in [1.29, 1.82) is 0 Å². The van der Waals surface area contributed by atoms with E-state index >= 15 is 0 Å². The summed E-state index contributed by atoms with van der Waals surface area (Å²) in [5.41, 5.74) is 2.63. The highest BCUT2D eigenvalue weighted by atomic mass is 16.5. The van der Waals surface area contributed by atoms with Crippen molar-refractivity contribution in [3.8, 4) is 5.75 Å². The van der Waals surface area contributed by atoms with Gasteiger partial charge in [0.15, 0.2) is 0 Å². The van der Waals surface area contributed by atoms with Crippen LogP contribution in [0.5, 0.6) is 5.75 Å². The molecule has 0 aromatic heterocycles. The summed E-state index contributed by atoms with van der Waals surface area (Å²) in [4.78, 5) is 0. The molecule has 0 fully saturated rings. The minimum atomic E-state index is 0.528. The van der Waals surface area contributed by atoms with E-state index in [1.807, 2.05) is 0 Å². The van der Waals surface area contributed by atoms with E-state index in [1.54, 1.807) is 7.11 Å². The van der Waals surface area contributed by atoms with Crippen molar-refractivity contribution < 1.29 is 4.74 Å². The SMILES string of the molecule is CCCNC(C)C(Cc1cc(C)ccc1OC)C(C)C. The van der Waals surface area contributed by atoms with Crippen molar-refractivity contribution in [2.24, 2.45) is 11.8 Å². The number of ether oxygens (including phenoxy) is 1. The van der Waals surface area contributed by atoms with Crippen molar-refractivity contribution >= 4 is 0 Å². The van der Waals surface area contributed by atoms with Gasteiger partial charge < -0.3 is 10.1 Å². The van der Waals surface area contributed by atoms with Gasteiger partial charge in [0.05, 0.1) is 7.11 Å². The van der Waals surface area contributed by atoms with Crippen LogP contribution in [0.4, 0.5) is 0 Å². The van der Waals surface area contributed by atoms with E-state index in [4.69, 9.17) is 4.74 Å². The van der Waals surface area contributed by atoms with Crippen molar-refractivity contribution in [3.63, 3.8) is 0 Å². The second kappa shape index (κ2) is 8.31. The van der Waals surface area contributed by atoms with Crippen LogP contribution in [0.25, 0.3) is 0 Å². The maximum Gasteiger partial charge on any atom is 0.122 e. The van der Waals surface area contributed by atoms with E-state index in [0.29, 0.717) is 17.9 Å². The Morgan fingerprint density at radius 1 is 1.20 bits per heavy atom. The fourth-order valence-corrected chi connectivity index (χ4v) is 2.83. The second-order valence-electron chi connectivity index (χ2n) is 6.17. The molecule has 0 aliphatic heterocycles. The summed E-state index contributed by atoms with van der Waals surface area (Å²) in [5, 5.41) is 3.65. The van der Waals surface area contributed by atoms with Gasteiger partial charge in [0.2, 0.25) is 0 Å². The minimum Gasteiger partial charge on any atom is -0.496 e. The number of hydrogen-bond acceptors (Lipinski definition) is 2. The Hall–Kier alpha value is -1.02. The molecular weight excluding hydrogens is 246 g/mol. The molecule has 2 atom stereocenters. The number of rotatable bonds is 8. The Labute approximate surface area is 124 Å². The van der Waals surface area contributed by atoms with Gasteiger partial charge in [-0.15, -0.1) is 0 Å². The van der Waals surface area contributed by atoms with E-state index in [9.17, 15) is 0 Å². The van der Waals surface area contributed by atoms with Crippen LogP contribution in [-0.4, -0.2) is 19.7 Å². The van der Waals surface area contributed by atoms with Crippen molar-refractivity contribution in [2.75, 3.05) is 13.7 Å². The molecule has 0 saturated carbocycles. The lowest BCUT2D eigenvalue weighted by molar-refractivity contribution is 0.285. The Kier molecular flexibility index (Phi) is 7.08. The molecule has 0 aliphatic rings. The van der Waals surface area contributed by atoms with Gasteiger partial charge in [-0.1, -0.05) is 38.5 Å². The predicted octanol–water partition coefficient (Wildman–Crippen LogP) is 4.21. The smallest absolute Gasteiger partial charge is 0.122 e. The van der Waals surface area contributed by atoms with Gasteiger partial charge in [-0.3, -0.25) is 0 Å². The first-order chi connectivity index (χ1) is 9.49. The van der Waals surface area contributed by atoms with Crippen LogP contribution < -0.4 is 10.1 Å². The van der Waals surface area contributed by atoms with Gasteiger partial charge in [-0.2, -0.15) is 0 Å². The quantitative estimate of drug-likeness (QED) is 0.768. The molecule has 0 spiro atoms. The fraction of sp³-hybridized carbons (Fsp3) is 0.667. The van der Waals surface area contributed by atoms with E-state index < -0.39 is 0 Å². The van der Waals surface area contributed by atoms with Gasteiger partial charge in [0, 0.05) is 6.04 Å². The fourth-order valence-electron chi connectivity index (χ4n) is 2.83. The van der Waals surface area contributed by atoms with E-state index in [2.05, 4.69) is 58.1 Å². The predicted molar refractivity (Wildman–Crippen MR) is 87.5 cm³/mol. The standard InChI is InChI=1S/C18H31NO/c1-7-10-19-15(5)17(13(2)3)12-16-11-14(4)8-9-18(16)20-6/h8-9,11,13,15,17,19H,7,10,12H2,1-6H3. The molecule has 20 heavy (non-hydrogen) atoms. The number of aryl methyl sites for hydroxylation is 1. The Morgan fingerprint density at radius 2 is 1.90 bits per heavy atom. The van der Waals surface area contributed by atoms with Crippen molar-refractivity contribution in [3.05, 3.63) is 29.3 Å². The maximum absolute atomic E-state index is 5.52. The van der Waals surface area contributed by atoms with E-state index in [-0.39, 0.29) is 0 Å². The molecule has 1 N–H and O–H groups in total. The number of hydrogen-bond donors (Lipinski definition) is 1. The molecule has 0 amide bonds. The second-order valence-corrected chi connectivity index (χ2v) is 6.17. The molecule has 1 aromatic carbocycles. The van der Waals surface area contributed by atoms with Gasteiger partial charge in [0.25, 0.3) is 0 Å². The highest BCUT2D eigenvalue weighted by Gasteiger charge is 2.22.